The van der Waals surface area contributed by atoms with Crippen molar-refractivity contribution < 1.29 is 8.42 Å². The van der Waals surface area contributed by atoms with Gasteiger partial charge in [0.05, 0.1) is 10.5 Å². The van der Waals surface area contributed by atoms with Gasteiger partial charge in [-0.15, -0.1) is 0 Å². The minimum absolute atomic E-state index is 0.305. The maximum Gasteiger partial charge on any atom is 0.155 e. The van der Waals surface area contributed by atoms with E-state index in [9.17, 15) is 8.42 Å². The number of halogens is 1. The predicted molar refractivity (Wildman–Crippen MR) is 74.9 cm³/mol. The molecule has 0 saturated carbocycles. The zero-order valence-corrected chi connectivity index (χ0v) is 13.5. The molecule has 2 nitrogen and oxygen atoms in total. The number of alkyl halides is 1. The number of sulfone groups is 1. The summed E-state index contributed by atoms with van der Waals surface area (Å²) in [6, 6.07) is 0. The largest absolute Gasteiger partial charge is 0.228 e. The monoisotopic (exact) mass is 312 g/mol. The third kappa shape index (κ3) is 5.67. The van der Waals surface area contributed by atoms with Crippen LogP contribution in [0.1, 0.15) is 47.5 Å². The van der Waals surface area contributed by atoms with Crippen LogP contribution in [0.4, 0.5) is 0 Å². The number of hydrogen-bond acceptors (Lipinski definition) is 2. The molecule has 98 valence electrons. The minimum Gasteiger partial charge on any atom is -0.228 e. The van der Waals surface area contributed by atoms with Gasteiger partial charge in [0.1, 0.15) is 0 Å². The molecule has 0 amide bonds. The first kappa shape index (κ1) is 16.4. The number of rotatable bonds is 6. The summed E-state index contributed by atoms with van der Waals surface area (Å²) < 4.78 is 23.3. The van der Waals surface area contributed by atoms with Crippen LogP contribution < -0.4 is 0 Å². The average Bonchev–Trinajstić information content (AvgIpc) is 2.09. The lowest BCUT2D eigenvalue weighted by atomic mass is 9.97. The Morgan fingerprint density at radius 1 is 1.19 bits per heavy atom. The van der Waals surface area contributed by atoms with Gasteiger partial charge in [0, 0.05) is 5.33 Å². The van der Waals surface area contributed by atoms with E-state index in [1.807, 2.05) is 0 Å². The summed E-state index contributed by atoms with van der Waals surface area (Å²) in [4.78, 5) is 0. The predicted octanol–water partition coefficient (Wildman–Crippen LogP) is 3.65. The van der Waals surface area contributed by atoms with Crippen molar-refractivity contribution in [2.75, 3.05) is 11.1 Å². The summed E-state index contributed by atoms with van der Waals surface area (Å²) in [5, 5.41) is 0.894. The molecule has 0 aliphatic carbocycles. The topological polar surface area (TPSA) is 34.1 Å². The van der Waals surface area contributed by atoms with Gasteiger partial charge in [-0.05, 0) is 45.4 Å². The highest BCUT2D eigenvalue weighted by molar-refractivity contribution is 9.09. The van der Waals surface area contributed by atoms with Crippen LogP contribution in [0.15, 0.2) is 0 Å². The summed E-state index contributed by atoms with van der Waals surface area (Å²) in [5.41, 5.74) is 0. The molecule has 0 aliphatic rings. The molecule has 0 aromatic carbocycles. The Bertz CT molecular complexity index is 289. The maximum absolute atomic E-state index is 11.9. The first-order valence-electron chi connectivity index (χ1n) is 5.88. The standard InChI is InChI=1S/C12H25BrO2S/c1-10(2)8-11(9-13)6-7-16(14,15)12(3,4)5/h10-11H,6-9H2,1-5H3. The molecule has 0 N–H and O–H groups in total. The van der Waals surface area contributed by atoms with Gasteiger partial charge in [0.15, 0.2) is 9.84 Å². The molecule has 0 aromatic rings. The first-order valence-corrected chi connectivity index (χ1v) is 8.65. The van der Waals surface area contributed by atoms with Crippen LogP contribution in [0.2, 0.25) is 0 Å². The van der Waals surface area contributed by atoms with Crippen LogP contribution in [0.5, 0.6) is 0 Å². The molecule has 4 heteroatoms. The smallest absolute Gasteiger partial charge is 0.155 e. The average molecular weight is 313 g/mol. The van der Waals surface area contributed by atoms with Crippen LogP contribution in [0.25, 0.3) is 0 Å². The van der Waals surface area contributed by atoms with Crippen molar-refractivity contribution in [3.8, 4) is 0 Å². The Kier molecular flexibility index (Phi) is 6.56. The van der Waals surface area contributed by atoms with Crippen LogP contribution in [0, 0.1) is 11.8 Å². The highest BCUT2D eigenvalue weighted by Crippen LogP contribution is 2.22. The molecule has 0 fully saturated rings. The fourth-order valence-corrected chi connectivity index (χ4v) is 3.40. The van der Waals surface area contributed by atoms with Gasteiger partial charge >= 0.3 is 0 Å². The molecule has 0 radical (unpaired) electrons. The molecule has 0 rings (SSSR count). The zero-order chi connectivity index (χ0) is 13.0. The Labute approximate surface area is 109 Å². The lowest BCUT2D eigenvalue weighted by Gasteiger charge is -2.22. The second-order valence-corrected chi connectivity index (χ2v) is 9.38. The van der Waals surface area contributed by atoms with E-state index in [0.717, 1.165) is 18.2 Å². The van der Waals surface area contributed by atoms with E-state index in [1.54, 1.807) is 20.8 Å². The van der Waals surface area contributed by atoms with E-state index in [0.29, 0.717) is 17.6 Å². The summed E-state index contributed by atoms with van der Waals surface area (Å²) in [6.45, 7) is 9.66. The summed E-state index contributed by atoms with van der Waals surface area (Å²) in [6.07, 6.45) is 1.86. The van der Waals surface area contributed by atoms with Gasteiger partial charge in [0.2, 0.25) is 0 Å². The highest BCUT2D eigenvalue weighted by Gasteiger charge is 2.29. The molecule has 16 heavy (non-hydrogen) atoms. The second-order valence-electron chi connectivity index (χ2n) is 5.87. The molecule has 0 bridgehead atoms. The van der Waals surface area contributed by atoms with E-state index >= 15 is 0 Å². The third-order valence-corrected chi connectivity index (χ3v) is 6.31. The third-order valence-electron chi connectivity index (χ3n) is 2.75. The molecular formula is C12H25BrO2S. The van der Waals surface area contributed by atoms with E-state index in [-0.39, 0.29) is 0 Å². The van der Waals surface area contributed by atoms with Crippen molar-refractivity contribution in [3.63, 3.8) is 0 Å². The summed E-state index contributed by atoms with van der Waals surface area (Å²) in [7, 11) is -2.96. The van der Waals surface area contributed by atoms with Gasteiger partial charge in [-0.25, -0.2) is 8.42 Å². The van der Waals surface area contributed by atoms with E-state index < -0.39 is 14.6 Å². The molecule has 0 aromatic heterocycles. The van der Waals surface area contributed by atoms with Crippen LogP contribution in [-0.2, 0) is 9.84 Å². The maximum atomic E-state index is 11.9. The molecule has 0 heterocycles. The molecule has 0 saturated heterocycles. The van der Waals surface area contributed by atoms with Gasteiger partial charge < -0.3 is 0 Å². The SMILES string of the molecule is CC(C)CC(CBr)CCS(=O)(=O)C(C)(C)C. The molecular weight excluding hydrogens is 288 g/mol. The molecule has 0 spiro atoms. The van der Waals surface area contributed by atoms with Gasteiger partial charge in [0.25, 0.3) is 0 Å². The Hall–Kier alpha value is 0.430. The quantitative estimate of drug-likeness (QED) is 0.702. The van der Waals surface area contributed by atoms with E-state index in [4.69, 9.17) is 0 Å². The normalized spacial score (nSPS) is 15.4. The minimum atomic E-state index is -2.96. The Morgan fingerprint density at radius 3 is 2.00 bits per heavy atom. The molecule has 1 atom stereocenters. The first-order chi connectivity index (χ1) is 7.10. The van der Waals surface area contributed by atoms with E-state index in [1.165, 1.54) is 0 Å². The summed E-state index contributed by atoms with van der Waals surface area (Å²) in [5.74, 6) is 1.40. The van der Waals surface area contributed by atoms with Gasteiger partial charge in [-0.1, -0.05) is 29.8 Å². The summed E-state index contributed by atoms with van der Waals surface area (Å²) >= 11 is 3.47. The lowest BCUT2D eigenvalue weighted by Crippen LogP contribution is -2.31. The fraction of sp³-hybridized carbons (Fsp3) is 1.00. The number of hydrogen-bond donors (Lipinski definition) is 0. The van der Waals surface area contributed by atoms with Crippen molar-refractivity contribution >= 4 is 25.8 Å². The van der Waals surface area contributed by atoms with Gasteiger partial charge in [-0.2, -0.15) is 0 Å². The van der Waals surface area contributed by atoms with E-state index in [2.05, 4.69) is 29.8 Å². The van der Waals surface area contributed by atoms with Crippen LogP contribution in [-0.4, -0.2) is 24.2 Å². The highest BCUT2D eigenvalue weighted by atomic mass is 79.9. The van der Waals surface area contributed by atoms with Gasteiger partial charge in [-0.3, -0.25) is 0 Å². The van der Waals surface area contributed by atoms with Crippen molar-refractivity contribution in [1.82, 2.24) is 0 Å². The second kappa shape index (κ2) is 6.39. The lowest BCUT2D eigenvalue weighted by molar-refractivity contribution is 0.434. The molecule has 1 unspecified atom stereocenters. The fourth-order valence-electron chi connectivity index (χ4n) is 1.55. The zero-order valence-electron chi connectivity index (χ0n) is 11.1. The Balaban J connectivity index is 4.33. The van der Waals surface area contributed by atoms with Crippen molar-refractivity contribution in [2.45, 2.75) is 52.2 Å². The van der Waals surface area contributed by atoms with Crippen molar-refractivity contribution in [2.24, 2.45) is 11.8 Å². The van der Waals surface area contributed by atoms with Crippen molar-refractivity contribution in [3.05, 3.63) is 0 Å². The van der Waals surface area contributed by atoms with Crippen LogP contribution in [0.3, 0.4) is 0 Å². The Morgan fingerprint density at radius 2 is 1.69 bits per heavy atom. The molecule has 0 aliphatic heterocycles. The van der Waals surface area contributed by atoms with Crippen molar-refractivity contribution in [1.29, 1.82) is 0 Å². The van der Waals surface area contributed by atoms with Crippen LogP contribution >= 0.6 is 15.9 Å².